The SMILES string of the molecule is CC(Nc1ncc2cc(Br)ccc2n1)c1cccc(NS(C)(=O)=O)c1. The van der Waals surface area contributed by atoms with Crippen LogP contribution in [-0.2, 0) is 10.0 Å². The largest absolute Gasteiger partial charge is 0.348 e. The number of anilines is 2. The molecule has 8 heteroatoms. The molecule has 0 saturated carbocycles. The van der Waals surface area contributed by atoms with Crippen LogP contribution in [0.4, 0.5) is 11.6 Å². The average molecular weight is 421 g/mol. The number of sulfonamides is 1. The molecule has 1 atom stereocenters. The molecule has 25 heavy (non-hydrogen) atoms. The third-order valence-corrected chi connectivity index (χ3v) is 4.68. The highest BCUT2D eigenvalue weighted by atomic mass is 79.9. The molecule has 0 amide bonds. The van der Waals surface area contributed by atoms with Crippen LogP contribution in [0, 0.1) is 0 Å². The van der Waals surface area contributed by atoms with E-state index in [1.54, 1.807) is 24.4 Å². The molecule has 0 bridgehead atoms. The Morgan fingerprint density at radius 3 is 2.72 bits per heavy atom. The minimum Gasteiger partial charge on any atom is -0.348 e. The lowest BCUT2D eigenvalue weighted by Crippen LogP contribution is -2.12. The number of nitrogens with zero attached hydrogens (tertiary/aromatic N) is 2. The number of nitrogens with one attached hydrogen (secondary N) is 2. The van der Waals surface area contributed by atoms with Crippen LogP contribution in [-0.4, -0.2) is 24.6 Å². The minimum absolute atomic E-state index is 0.0887. The van der Waals surface area contributed by atoms with Crippen LogP contribution in [0.3, 0.4) is 0 Å². The molecule has 2 N–H and O–H groups in total. The molecule has 0 fully saturated rings. The average Bonchev–Trinajstić information content (AvgIpc) is 2.53. The number of hydrogen-bond donors (Lipinski definition) is 2. The van der Waals surface area contributed by atoms with Gasteiger partial charge in [0.2, 0.25) is 16.0 Å². The van der Waals surface area contributed by atoms with E-state index in [0.29, 0.717) is 11.6 Å². The van der Waals surface area contributed by atoms with E-state index in [0.717, 1.165) is 27.2 Å². The maximum atomic E-state index is 11.4. The summed E-state index contributed by atoms with van der Waals surface area (Å²) < 4.78 is 26.2. The Morgan fingerprint density at radius 2 is 1.96 bits per heavy atom. The van der Waals surface area contributed by atoms with E-state index >= 15 is 0 Å². The summed E-state index contributed by atoms with van der Waals surface area (Å²) in [5.41, 5.74) is 2.30. The van der Waals surface area contributed by atoms with Crippen molar-refractivity contribution in [1.82, 2.24) is 9.97 Å². The normalized spacial score (nSPS) is 12.8. The molecule has 0 spiro atoms. The zero-order valence-corrected chi connectivity index (χ0v) is 16.1. The van der Waals surface area contributed by atoms with Gasteiger partial charge in [-0.15, -0.1) is 0 Å². The molecular weight excluding hydrogens is 404 g/mol. The molecule has 1 aromatic heterocycles. The lowest BCUT2D eigenvalue weighted by atomic mass is 10.1. The van der Waals surface area contributed by atoms with E-state index in [1.807, 2.05) is 31.2 Å². The molecule has 130 valence electrons. The quantitative estimate of drug-likeness (QED) is 0.652. The van der Waals surface area contributed by atoms with Crippen molar-refractivity contribution in [3.63, 3.8) is 0 Å². The van der Waals surface area contributed by atoms with E-state index in [9.17, 15) is 8.42 Å². The second kappa shape index (κ2) is 6.97. The summed E-state index contributed by atoms with van der Waals surface area (Å²) in [4.78, 5) is 8.85. The summed E-state index contributed by atoms with van der Waals surface area (Å²) in [7, 11) is -3.31. The summed E-state index contributed by atoms with van der Waals surface area (Å²) >= 11 is 3.43. The Kier molecular flexibility index (Phi) is 4.91. The van der Waals surface area contributed by atoms with Crippen molar-refractivity contribution in [3.8, 4) is 0 Å². The Hall–Kier alpha value is -2.19. The number of halogens is 1. The van der Waals surface area contributed by atoms with Gasteiger partial charge in [0.05, 0.1) is 17.8 Å². The lowest BCUT2D eigenvalue weighted by molar-refractivity contribution is 0.607. The molecule has 0 aliphatic carbocycles. The second-order valence-corrected chi connectivity index (χ2v) is 8.43. The molecule has 0 aliphatic rings. The molecule has 0 saturated heterocycles. The Balaban J connectivity index is 1.81. The fraction of sp³-hybridized carbons (Fsp3) is 0.176. The number of aromatic nitrogens is 2. The summed E-state index contributed by atoms with van der Waals surface area (Å²) in [5.74, 6) is 0.517. The van der Waals surface area contributed by atoms with E-state index in [-0.39, 0.29) is 6.04 Å². The van der Waals surface area contributed by atoms with Crippen molar-refractivity contribution >= 4 is 48.5 Å². The van der Waals surface area contributed by atoms with Crippen LogP contribution >= 0.6 is 15.9 Å². The summed E-state index contributed by atoms with van der Waals surface area (Å²) in [6.07, 6.45) is 2.90. The number of benzene rings is 2. The first kappa shape index (κ1) is 17.6. The molecule has 1 unspecified atom stereocenters. The fourth-order valence-corrected chi connectivity index (χ4v) is 3.37. The topological polar surface area (TPSA) is 84.0 Å². The number of hydrogen-bond acceptors (Lipinski definition) is 5. The van der Waals surface area contributed by atoms with Gasteiger partial charge in [0.1, 0.15) is 0 Å². The van der Waals surface area contributed by atoms with Crippen LogP contribution in [0.5, 0.6) is 0 Å². The van der Waals surface area contributed by atoms with Crippen LogP contribution in [0.2, 0.25) is 0 Å². The van der Waals surface area contributed by atoms with Crippen molar-refractivity contribution < 1.29 is 8.42 Å². The molecular formula is C17H17BrN4O2S. The van der Waals surface area contributed by atoms with Crippen molar-refractivity contribution in [2.75, 3.05) is 16.3 Å². The second-order valence-electron chi connectivity index (χ2n) is 5.76. The first-order valence-corrected chi connectivity index (χ1v) is 10.3. The van der Waals surface area contributed by atoms with Gasteiger partial charge in [0.25, 0.3) is 0 Å². The Labute approximate surface area is 154 Å². The maximum Gasteiger partial charge on any atom is 0.229 e. The van der Waals surface area contributed by atoms with Crippen molar-refractivity contribution in [3.05, 3.63) is 58.7 Å². The minimum atomic E-state index is -3.31. The van der Waals surface area contributed by atoms with E-state index in [1.165, 1.54) is 0 Å². The van der Waals surface area contributed by atoms with E-state index in [2.05, 4.69) is 35.9 Å². The zero-order valence-electron chi connectivity index (χ0n) is 13.7. The fourth-order valence-electron chi connectivity index (χ4n) is 2.44. The van der Waals surface area contributed by atoms with Crippen molar-refractivity contribution in [2.24, 2.45) is 0 Å². The standard InChI is InChI=1S/C17H17BrN4O2S/c1-11(12-4-3-5-15(9-12)22-25(2,23)24)20-17-19-10-13-8-14(18)6-7-16(13)21-17/h3-11,22H,1-2H3,(H,19,20,21). The summed E-state index contributed by atoms with van der Waals surface area (Å²) in [6.45, 7) is 1.97. The monoisotopic (exact) mass is 420 g/mol. The van der Waals surface area contributed by atoms with Gasteiger partial charge in [0, 0.05) is 21.7 Å². The Bertz CT molecular complexity index is 1020. The van der Waals surface area contributed by atoms with Crippen LogP contribution < -0.4 is 10.0 Å². The van der Waals surface area contributed by atoms with Crippen LogP contribution in [0.1, 0.15) is 18.5 Å². The highest BCUT2D eigenvalue weighted by molar-refractivity contribution is 9.10. The molecule has 6 nitrogen and oxygen atoms in total. The van der Waals surface area contributed by atoms with Gasteiger partial charge in [-0.3, -0.25) is 4.72 Å². The third-order valence-electron chi connectivity index (χ3n) is 3.58. The zero-order chi connectivity index (χ0) is 18.0. The molecule has 3 rings (SSSR count). The Morgan fingerprint density at radius 1 is 1.16 bits per heavy atom. The molecule has 0 radical (unpaired) electrons. The number of fused-ring (bicyclic) bond motifs is 1. The van der Waals surface area contributed by atoms with Crippen LogP contribution in [0.15, 0.2) is 53.1 Å². The van der Waals surface area contributed by atoms with Gasteiger partial charge < -0.3 is 5.32 Å². The summed E-state index contributed by atoms with van der Waals surface area (Å²) in [6, 6.07) is 13.0. The summed E-state index contributed by atoms with van der Waals surface area (Å²) in [5, 5.41) is 4.19. The van der Waals surface area contributed by atoms with Crippen molar-refractivity contribution in [2.45, 2.75) is 13.0 Å². The van der Waals surface area contributed by atoms with Gasteiger partial charge in [-0.25, -0.2) is 18.4 Å². The molecule has 1 heterocycles. The van der Waals surface area contributed by atoms with Crippen LogP contribution in [0.25, 0.3) is 10.9 Å². The molecule has 3 aromatic rings. The van der Waals surface area contributed by atoms with E-state index < -0.39 is 10.0 Å². The molecule has 2 aromatic carbocycles. The van der Waals surface area contributed by atoms with E-state index in [4.69, 9.17) is 0 Å². The number of rotatable bonds is 5. The highest BCUT2D eigenvalue weighted by Crippen LogP contribution is 2.23. The predicted octanol–water partition coefficient (Wildman–Crippen LogP) is 3.94. The first-order chi connectivity index (χ1) is 11.8. The van der Waals surface area contributed by atoms with Gasteiger partial charge in [-0.2, -0.15) is 0 Å². The van der Waals surface area contributed by atoms with Crippen molar-refractivity contribution in [1.29, 1.82) is 0 Å². The van der Waals surface area contributed by atoms with Gasteiger partial charge >= 0.3 is 0 Å². The van der Waals surface area contributed by atoms with Gasteiger partial charge in [-0.1, -0.05) is 28.1 Å². The smallest absolute Gasteiger partial charge is 0.229 e. The predicted molar refractivity (Wildman–Crippen MR) is 104 cm³/mol. The lowest BCUT2D eigenvalue weighted by Gasteiger charge is -2.15. The first-order valence-electron chi connectivity index (χ1n) is 7.57. The van der Waals surface area contributed by atoms with Gasteiger partial charge in [-0.05, 0) is 42.8 Å². The third kappa shape index (κ3) is 4.67. The van der Waals surface area contributed by atoms with Gasteiger partial charge in [0.15, 0.2) is 0 Å². The maximum absolute atomic E-state index is 11.4. The highest BCUT2D eigenvalue weighted by Gasteiger charge is 2.10. The molecule has 0 aliphatic heterocycles.